The third-order valence-electron chi connectivity index (χ3n) is 5.41. The summed E-state index contributed by atoms with van der Waals surface area (Å²) in [4.78, 5) is 25.3. The number of ether oxygens (including phenoxy) is 3. The fraction of sp³-hybridized carbons (Fsp3) is 0.333. The Morgan fingerprint density at radius 3 is 2.36 bits per heavy atom. The van der Waals surface area contributed by atoms with Crippen LogP contribution < -0.4 is 14.8 Å². The molecule has 0 unspecified atom stereocenters. The molecule has 3 rings (SSSR count). The summed E-state index contributed by atoms with van der Waals surface area (Å²) >= 11 is 0. The molecule has 0 spiro atoms. The Labute approximate surface area is 189 Å². The molecule has 9 heteroatoms. The second kappa shape index (κ2) is 10.4. The molecule has 0 saturated heterocycles. The lowest BCUT2D eigenvalue weighted by Crippen LogP contribution is -2.35. The maximum Gasteiger partial charge on any atom is 0.314 e. The van der Waals surface area contributed by atoms with Crippen LogP contribution in [0.5, 0.6) is 11.5 Å². The lowest BCUT2D eigenvalue weighted by Gasteiger charge is -2.24. The van der Waals surface area contributed by atoms with E-state index in [1.54, 1.807) is 37.3 Å². The summed E-state index contributed by atoms with van der Waals surface area (Å²) in [6.45, 7) is 1.86. The van der Waals surface area contributed by atoms with Gasteiger partial charge in [-0.15, -0.1) is 0 Å². The Morgan fingerprint density at radius 1 is 1.06 bits per heavy atom. The van der Waals surface area contributed by atoms with Crippen LogP contribution in [0.4, 0.5) is 13.2 Å². The van der Waals surface area contributed by atoms with Gasteiger partial charge >= 0.3 is 5.97 Å². The first-order chi connectivity index (χ1) is 15.8. The fourth-order valence-corrected chi connectivity index (χ4v) is 3.93. The van der Waals surface area contributed by atoms with E-state index in [1.807, 2.05) is 0 Å². The van der Waals surface area contributed by atoms with Crippen molar-refractivity contribution in [2.24, 2.45) is 5.92 Å². The van der Waals surface area contributed by atoms with E-state index in [-0.39, 0.29) is 13.0 Å². The molecular formula is C24H24F3NO5. The minimum Gasteiger partial charge on any atom is -0.497 e. The number of hydrogen-bond donors (Lipinski definition) is 1. The number of allylic oxidation sites excluding steroid dienone is 1. The highest BCUT2D eigenvalue weighted by Gasteiger charge is 2.36. The SMILES string of the molecule is CCOC(=O)[C@H](c1cc(OC)ccc1OC)[C@H]1C=C[C@@H](NC(=O)c2c(F)cc(F)cc2F)C1. The lowest BCUT2D eigenvalue weighted by molar-refractivity contribution is -0.146. The van der Waals surface area contributed by atoms with E-state index in [9.17, 15) is 22.8 Å². The summed E-state index contributed by atoms with van der Waals surface area (Å²) in [5.74, 6) is -5.41. The van der Waals surface area contributed by atoms with Crippen molar-refractivity contribution >= 4 is 11.9 Å². The monoisotopic (exact) mass is 463 g/mol. The number of nitrogens with one attached hydrogen (secondary N) is 1. The molecule has 0 bridgehead atoms. The van der Waals surface area contributed by atoms with Crippen molar-refractivity contribution in [2.45, 2.75) is 25.3 Å². The van der Waals surface area contributed by atoms with Crippen molar-refractivity contribution in [3.05, 3.63) is 71.1 Å². The normalized spacial score (nSPS) is 18.0. The van der Waals surface area contributed by atoms with Crippen molar-refractivity contribution in [1.29, 1.82) is 0 Å². The number of carbonyl (C=O) groups is 2. The maximum absolute atomic E-state index is 14.0. The van der Waals surface area contributed by atoms with Crippen LogP contribution in [0.3, 0.4) is 0 Å². The molecule has 33 heavy (non-hydrogen) atoms. The summed E-state index contributed by atoms with van der Waals surface area (Å²) < 4.78 is 57.1. The Hall–Kier alpha value is -3.49. The van der Waals surface area contributed by atoms with Crippen LogP contribution >= 0.6 is 0 Å². The first-order valence-corrected chi connectivity index (χ1v) is 10.3. The van der Waals surface area contributed by atoms with Gasteiger partial charge in [0.1, 0.15) is 34.5 Å². The highest BCUT2D eigenvalue weighted by molar-refractivity contribution is 5.95. The molecule has 1 aliphatic rings. The standard InChI is InChI=1S/C24H24F3NO5/c1-4-33-24(30)21(17-12-16(31-2)7-8-20(17)32-3)13-5-6-15(9-13)28-23(29)22-18(26)10-14(25)11-19(22)27/h5-8,10-13,15,21H,4,9H2,1-3H3,(H,28,29)/t13-,15+,21-/m0/s1. The molecule has 2 aromatic rings. The van der Waals surface area contributed by atoms with Crippen LogP contribution in [0.2, 0.25) is 0 Å². The Morgan fingerprint density at radius 2 is 1.76 bits per heavy atom. The van der Waals surface area contributed by atoms with Crippen molar-refractivity contribution in [1.82, 2.24) is 5.32 Å². The zero-order valence-corrected chi connectivity index (χ0v) is 18.4. The average Bonchev–Trinajstić information content (AvgIpc) is 3.21. The van der Waals surface area contributed by atoms with Crippen LogP contribution in [0.15, 0.2) is 42.5 Å². The van der Waals surface area contributed by atoms with Gasteiger partial charge in [-0.25, -0.2) is 13.2 Å². The topological polar surface area (TPSA) is 73.9 Å². The summed E-state index contributed by atoms with van der Waals surface area (Å²) in [7, 11) is 2.98. The summed E-state index contributed by atoms with van der Waals surface area (Å²) in [5.41, 5.74) is -0.322. The first kappa shape index (κ1) is 24.2. The summed E-state index contributed by atoms with van der Waals surface area (Å²) in [5, 5.41) is 2.52. The minimum atomic E-state index is -1.30. The second-order valence-corrected chi connectivity index (χ2v) is 7.45. The van der Waals surface area contributed by atoms with Crippen LogP contribution in [0.1, 0.15) is 35.2 Å². The Balaban J connectivity index is 1.84. The van der Waals surface area contributed by atoms with Crippen molar-refractivity contribution in [2.75, 3.05) is 20.8 Å². The number of halogens is 3. The first-order valence-electron chi connectivity index (χ1n) is 10.3. The molecular weight excluding hydrogens is 439 g/mol. The Bertz CT molecular complexity index is 1050. The maximum atomic E-state index is 14.0. The summed E-state index contributed by atoms with van der Waals surface area (Å²) in [6.07, 6.45) is 3.64. The zero-order chi connectivity index (χ0) is 24.1. The molecule has 1 amide bonds. The number of esters is 1. The van der Waals surface area contributed by atoms with Gasteiger partial charge in [0.15, 0.2) is 0 Å². The summed E-state index contributed by atoms with van der Waals surface area (Å²) in [6, 6.07) is 5.33. The van der Waals surface area contributed by atoms with Gasteiger partial charge in [-0.2, -0.15) is 0 Å². The zero-order valence-electron chi connectivity index (χ0n) is 18.4. The molecule has 0 heterocycles. The van der Waals surface area contributed by atoms with Gasteiger partial charge in [-0.3, -0.25) is 9.59 Å². The van der Waals surface area contributed by atoms with E-state index in [2.05, 4.69) is 5.32 Å². The van der Waals surface area contributed by atoms with E-state index >= 15 is 0 Å². The molecule has 6 nitrogen and oxygen atoms in total. The molecule has 0 aliphatic heterocycles. The van der Waals surface area contributed by atoms with E-state index < -0.39 is 52.8 Å². The number of rotatable bonds is 8. The predicted molar refractivity (Wildman–Crippen MR) is 114 cm³/mol. The van der Waals surface area contributed by atoms with Gasteiger partial charge in [-0.05, 0) is 37.5 Å². The third-order valence-corrected chi connectivity index (χ3v) is 5.41. The fourth-order valence-electron chi connectivity index (χ4n) is 3.93. The van der Waals surface area contributed by atoms with Gasteiger partial charge in [0.05, 0.1) is 26.7 Å². The number of methoxy groups -OCH3 is 2. The van der Waals surface area contributed by atoms with E-state index in [1.165, 1.54) is 14.2 Å². The molecule has 1 aliphatic carbocycles. The highest BCUT2D eigenvalue weighted by Crippen LogP contribution is 2.40. The highest BCUT2D eigenvalue weighted by atomic mass is 19.1. The van der Waals surface area contributed by atoms with Crippen LogP contribution in [-0.4, -0.2) is 38.7 Å². The van der Waals surface area contributed by atoms with E-state index in [0.29, 0.717) is 29.2 Å². The van der Waals surface area contributed by atoms with Crippen molar-refractivity contribution in [3.63, 3.8) is 0 Å². The van der Waals surface area contributed by atoms with Crippen LogP contribution in [0.25, 0.3) is 0 Å². The van der Waals surface area contributed by atoms with Crippen LogP contribution in [-0.2, 0) is 9.53 Å². The van der Waals surface area contributed by atoms with Crippen molar-refractivity contribution in [3.8, 4) is 11.5 Å². The number of carbonyl (C=O) groups excluding carboxylic acids is 2. The van der Waals surface area contributed by atoms with Gasteiger partial charge < -0.3 is 19.5 Å². The molecule has 0 fully saturated rings. The van der Waals surface area contributed by atoms with Gasteiger partial charge in [-0.1, -0.05) is 12.2 Å². The van der Waals surface area contributed by atoms with Gasteiger partial charge in [0.2, 0.25) is 0 Å². The smallest absolute Gasteiger partial charge is 0.314 e. The minimum absolute atomic E-state index is 0.168. The predicted octanol–water partition coefficient (Wildman–Crippen LogP) is 4.14. The average molecular weight is 463 g/mol. The molecule has 0 saturated carbocycles. The van der Waals surface area contributed by atoms with Gasteiger partial charge in [0, 0.05) is 23.7 Å². The molecule has 3 atom stereocenters. The second-order valence-electron chi connectivity index (χ2n) is 7.45. The largest absolute Gasteiger partial charge is 0.497 e. The van der Waals surface area contributed by atoms with Crippen molar-refractivity contribution < 1.29 is 37.0 Å². The molecule has 1 N–H and O–H groups in total. The molecule has 0 radical (unpaired) electrons. The third kappa shape index (κ3) is 5.30. The number of hydrogen-bond acceptors (Lipinski definition) is 5. The number of amides is 1. The van der Waals surface area contributed by atoms with Crippen LogP contribution in [0, 0.1) is 23.4 Å². The molecule has 0 aromatic heterocycles. The van der Waals surface area contributed by atoms with E-state index in [0.717, 1.165) is 0 Å². The Kier molecular flexibility index (Phi) is 7.63. The van der Waals surface area contributed by atoms with Gasteiger partial charge in [0.25, 0.3) is 5.91 Å². The lowest BCUT2D eigenvalue weighted by atomic mass is 9.84. The molecule has 2 aromatic carbocycles. The number of benzene rings is 2. The molecule has 176 valence electrons. The van der Waals surface area contributed by atoms with E-state index in [4.69, 9.17) is 14.2 Å². The quantitative estimate of drug-likeness (QED) is 0.471.